The first-order valence-corrected chi connectivity index (χ1v) is 13.6. The van der Waals surface area contributed by atoms with Crippen LogP contribution in [0, 0.1) is 23.2 Å². The number of benzene rings is 2. The zero-order valence-electron chi connectivity index (χ0n) is 19.8. The van der Waals surface area contributed by atoms with Gasteiger partial charge in [-0.15, -0.1) is 0 Å². The lowest BCUT2D eigenvalue weighted by Gasteiger charge is -2.59. The van der Waals surface area contributed by atoms with E-state index < -0.39 is 0 Å². The summed E-state index contributed by atoms with van der Waals surface area (Å²) in [6, 6.07) is 13.4. The van der Waals surface area contributed by atoms with Crippen molar-refractivity contribution in [3.8, 4) is 0 Å². The SMILES string of the molecule is COC(CN(C)CCCCN1Sc2cccc3cccc1c23)C12CC3CC(CC(C3)C1)C2. The molecule has 4 heteroatoms. The van der Waals surface area contributed by atoms with Crippen molar-refractivity contribution >= 4 is 28.4 Å². The number of hydrogen-bond acceptors (Lipinski definition) is 4. The van der Waals surface area contributed by atoms with Gasteiger partial charge in [0.1, 0.15) is 0 Å². The van der Waals surface area contributed by atoms with E-state index in [9.17, 15) is 0 Å². The van der Waals surface area contributed by atoms with E-state index in [-0.39, 0.29) is 0 Å². The number of hydrogen-bond donors (Lipinski definition) is 0. The van der Waals surface area contributed by atoms with Crippen molar-refractivity contribution in [3.05, 3.63) is 36.4 Å². The van der Waals surface area contributed by atoms with Crippen molar-refractivity contribution in [2.45, 2.75) is 62.4 Å². The van der Waals surface area contributed by atoms with Crippen LogP contribution in [0.4, 0.5) is 5.69 Å². The third-order valence-electron chi connectivity index (χ3n) is 9.00. The summed E-state index contributed by atoms with van der Waals surface area (Å²) >= 11 is 1.92. The summed E-state index contributed by atoms with van der Waals surface area (Å²) in [5.41, 5.74) is 1.88. The molecule has 2 aromatic carbocycles. The van der Waals surface area contributed by atoms with E-state index in [1.807, 2.05) is 19.1 Å². The second-order valence-corrected chi connectivity index (χ2v) is 12.4. The highest BCUT2D eigenvalue weighted by Crippen LogP contribution is 2.61. The van der Waals surface area contributed by atoms with Gasteiger partial charge in [0.2, 0.25) is 0 Å². The van der Waals surface area contributed by atoms with Gasteiger partial charge in [-0.2, -0.15) is 0 Å². The Morgan fingerprint density at radius 1 is 1.03 bits per heavy atom. The Balaban J connectivity index is 1.01. The highest BCUT2D eigenvalue weighted by molar-refractivity contribution is 8.01. The van der Waals surface area contributed by atoms with E-state index in [0.29, 0.717) is 11.5 Å². The minimum Gasteiger partial charge on any atom is -0.380 e. The first-order valence-electron chi connectivity index (χ1n) is 12.8. The van der Waals surface area contributed by atoms with Gasteiger partial charge in [0, 0.05) is 30.5 Å². The molecule has 4 saturated carbocycles. The monoisotopic (exact) mass is 450 g/mol. The maximum absolute atomic E-state index is 6.21. The van der Waals surface area contributed by atoms with Crippen LogP contribution in [-0.4, -0.2) is 44.8 Å². The van der Waals surface area contributed by atoms with Crippen molar-refractivity contribution in [1.29, 1.82) is 0 Å². The third kappa shape index (κ3) is 3.76. The quantitative estimate of drug-likeness (QED) is 0.315. The first-order chi connectivity index (χ1) is 15.6. The molecule has 4 bridgehead atoms. The minimum atomic E-state index is 0.419. The molecule has 0 aromatic heterocycles. The van der Waals surface area contributed by atoms with E-state index in [4.69, 9.17) is 4.74 Å². The Hall–Kier alpha value is -1.23. The number of ether oxygens (including phenoxy) is 1. The second-order valence-electron chi connectivity index (χ2n) is 11.3. The van der Waals surface area contributed by atoms with Crippen LogP contribution in [0.5, 0.6) is 0 Å². The topological polar surface area (TPSA) is 15.7 Å². The highest BCUT2D eigenvalue weighted by Gasteiger charge is 2.54. The van der Waals surface area contributed by atoms with Crippen molar-refractivity contribution in [2.24, 2.45) is 23.2 Å². The molecule has 32 heavy (non-hydrogen) atoms. The highest BCUT2D eigenvalue weighted by atomic mass is 32.2. The van der Waals surface area contributed by atoms with Gasteiger partial charge in [0.05, 0.1) is 11.8 Å². The summed E-state index contributed by atoms with van der Waals surface area (Å²) in [5.74, 6) is 2.99. The molecule has 1 unspecified atom stereocenters. The molecule has 0 radical (unpaired) electrons. The molecule has 0 amide bonds. The van der Waals surface area contributed by atoms with Crippen LogP contribution >= 0.6 is 11.9 Å². The number of nitrogens with zero attached hydrogens (tertiary/aromatic N) is 2. The smallest absolute Gasteiger partial charge is 0.0754 e. The van der Waals surface area contributed by atoms with E-state index in [0.717, 1.165) is 30.8 Å². The summed E-state index contributed by atoms with van der Waals surface area (Å²) in [4.78, 5) is 3.97. The van der Waals surface area contributed by atoms with Gasteiger partial charge in [0.25, 0.3) is 0 Å². The zero-order chi connectivity index (χ0) is 21.7. The molecule has 0 N–H and O–H groups in total. The number of rotatable bonds is 9. The van der Waals surface area contributed by atoms with Crippen molar-refractivity contribution in [2.75, 3.05) is 38.1 Å². The fourth-order valence-electron chi connectivity index (χ4n) is 8.01. The summed E-state index contributed by atoms with van der Waals surface area (Å²) < 4.78 is 8.71. The van der Waals surface area contributed by atoms with E-state index in [1.54, 1.807) is 0 Å². The van der Waals surface area contributed by atoms with Crippen molar-refractivity contribution < 1.29 is 4.74 Å². The Bertz CT molecular complexity index is 935. The lowest BCUT2D eigenvalue weighted by atomic mass is 9.48. The molecule has 3 nitrogen and oxygen atoms in total. The predicted octanol–water partition coefficient (Wildman–Crippen LogP) is 6.61. The summed E-state index contributed by atoms with van der Waals surface area (Å²) in [6.45, 7) is 3.39. The standard InChI is InChI=1S/C28H38N2OS/c1-29(19-26(31-2)28-16-20-13-21(17-28)15-22(14-20)18-28)11-3-4-12-30-24-9-5-7-23-8-6-10-25(32-30)27(23)24/h5-10,20-22,26H,3-4,11-19H2,1-2H3. The molecular formula is C28H38N2OS. The van der Waals surface area contributed by atoms with Gasteiger partial charge in [0.15, 0.2) is 0 Å². The molecule has 4 aliphatic carbocycles. The van der Waals surface area contributed by atoms with Crippen LogP contribution in [0.25, 0.3) is 10.8 Å². The number of unbranched alkanes of at least 4 members (excludes halogenated alkanes) is 1. The van der Waals surface area contributed by atoms with Crippen molar-refractivity contribution in [1.82, 2.24) is 4.90 Å². The van der Waals surface area contributed by atoms with Gasteiger partial charge in [-0.25, -0.2) is 0 Å². The Kier molecular flexibility index (Phi) is 5.68. The lowest BCUT2D eigenvalue weighted by Crippen LogP contribution is -2.54. The first kappa shape index (κ1) is 21.3. The van der Waals surface area contributed by atoms with Crippen LogP contribution in [0.2, 0.25) is 0 Å². The molecule has 1 aliphatic heterocycles. The summed E-state index contributed by atoms with van der Waals surface area (Å²) in [5, 5.41) is 2.81. The fraction of sp³-hybridized carbons (Fsp3) is 0.643. The summed E-state index contributed by atoms with van der Waals surface area (Å²) in [7, 11) is 4.29. The largest absolute Gasteiger partial charge is 0.380 e. The molecule has 2 aromatic rings. The fourth-order valence-corrected chi connectivity index (χ4v) is 9.17. The average Bonchev–Trinajstić information content (AvgIpc) is 3.14. The van der Waals surface area contributed by atoms with Crippen LogP contribution in [0.1, 0.15) is 51.4 Å². The second kappa shape index (κ2) is 8.52. The van der Waals surface area contributed by atoms with E-state index in [2.05, 4.69) is 52.7 Å². The molecule has 0 saturated heterocycles. The van der Waals surface area contributed by atoms with Gasteiger partial charge in [-0.3, -0.25) is 0 Å². The molecular weight excluding hydrogens is 412 g/mol. The molecule has 1 atom stereocenters. The molecule has 1 heterocycles. The summed E-state index contributed by atoms with van der Waals surface area (Å²) in [6.07, 6.45) is 11.7. The average molecular weight is 451 g/mol. The van der Waals surface area contributed by atoms with E-state index in [1.165, 1.54) is 79.3 Å². The van der Waals surface area contributed by atoms with Crippen LogP contribution < -0.4 is 4.31 Å². The van der Waals surface area contributed by atoms with Gasteiger partial charge >= 0.3 is 0 Å². The van der Waals surface area contributed by atoms with Crippen molar-refractivity contribution in [3.63, 3.8) is 0 Å². The Morgan fingerprint density at radius 3 is 2.41 bits per heavy atom. The maximum Gasteiger partial charge on any atom is 0.0754 e. The molecule has 172 valence electrons. The number of methoxy groups -OCH3 is 1. The van der Waals surface area contributed by atoms with Gasteiger partial charge < -0.3 is 13.9 Å². The van der Waals surface area contributed by atoms with Crippen LogP contribution in [0.15, 0.2) is 41.3 Å². The Morgan fingerprint density at radius 2 is 1.72 bits per heavy atom. The predicted molar refractivity (Wildman–Crippen MR) is 135 cm³/mol. The van der Waals surface area contributed by atoms with Crippen LogP contribution in [-0.2, 0) is 4.74 Å². The Labute approximate surface area is 198 Å². The minimum absolute atomic E-state index is 0.419. The normalized spacial score (nSPS) is 31.2. The van der Waals surface area contributed by atoms with E-state index >= 15 is 0 Å². The van der Waals surface area contributed by atoms with Gasteiger partial charge in [-0.05, 0) is 118 Å². The molecule has 4 fully saturated rings. The molecule has 5 aliphatic rings. The number of likely N-dealkylation sites (N-methyl/N-ethyl adjacent to an activating group) is 1. The maximum atomic E-state index is 6.21. The third-order valence-corrected chi connectivity index (χ3v) is 10.1. The van der Waals surface area contributed by atoms with Crippen LogP contribution in [0.3, 0.4) is 0 Å². The lowest BCUT2D eigenvalue weighted by molar-refractivity contribution is -0.137. The number of anilines is 1. The molecule has 7 rings (SSSR count). The zero-order valence-corrected chi connectivity index (χ0v) is 20.6. The van der Waals surface area contributed by atoms with Gasteiger partial charge in [-0.1, -0.05) is 24.3 Å². The molecule has 0 spiro atoms.